The second-order valence-electron chi connectivity index (χ2n) is 8.19. The van der Waals surface area contributed by atoms with E-state index in [4.69, 9.17) is 14.6 Å². The van der Waals surface area contributed by atoms with Gasteiger partial charge in [0.15, 0.2) is 0 Å². The van der Waals surface area contributed by atoms with Crippen LogP contribution in [0, 0.1) is 5.92 Å². The Kier molecular flexibility index (Phi) is 8.28. The second-order valence-corrected chi connectivity index (χ2v) is 8.19. The summed E-state index contributed by atoms with van der Waals surface area (Å²) in [6, 6.07) is 9.37. The number of nitrogens with one attached hydrogen (secondary N) is 2. The van der Waals surface area contributed by atoms with Crippen LogP contribution in [0.4, 0.5) is 23.7 Å². The minimum absolute atomic E-state index is 0.000800. The molecule has 0 aliphatic carbocycles. The summed E-state index contributed by atoms with van der Waals surface area (Å²) >= 11 is 0. The molecule has 1 saturated heterocycles. The molecule has 0 bridgehead atoms. The fourth-order valence-corrected chi connectivity index (χ4v) is 3.73. The van der Waals surface area contributed by atoms with Crippen LogP contribution in [0.25, 0.3) is 11.3 Å². The first-order chi connectivity index (χ1) is 16.5. The molecule has 1 aromatic heterocycles. The third kappa shape index (κ3) is 7.15. The van der Waals surface area contributed by atoms with E-state index in [0.29, 0.717) is 11.5 Å². The highest BCUT2D eigenvalue weighted by Gasteiger charge is 2.38. The van der Waals surface area contributed by atoms with Crippen molar-refractivity contribution in [1.29, 1.82) is 0 Å². The van der Waals surface area contributed by atoms with Gasteiger partial charge in [0.25, 0.3) is 5.91 Å². The van der Waals surface area contributed by atoms with Gasteiger partial charge in [-0.3, -0.25) is 15.1 Å². The largest absolute Gasteiger partial charge is 0.490 e. The van der Waals surface area contributed by atoms with E-state index in [1.165, 1.54) is 0 Å². The van der Waals surface area contributed by atoms with Crippen LogP contribution in [-0.4, -0.2) is 65.8 Å². The summed E-state index contributed by atoms with van der Waals surface area (Å²) < 4.78 is 36.7. The number of halogens is 3. The number of cyclic esters (lactones) is 1. The van der Waals surface area contributed by atoms with Gasteiger partial charge in [-0.15, -0.1) is 0 Å². The van der Waals surface area contributed by atoms with Crippen LogP contribution in [0.3, 0.4) is 0 Å². The van der Waals surface area contributed by atoms with Gasteiger partial charge >= 0.3 is 18.2 Å². The highest BCUT2D eigenvalue weighted by Crippen LogP contribution is 2.27. The van der Waals surface area contributed by atoms with E-state index in [1.807, 2.05) is 37.4 Å². The fraction of sp³-hybridized carbons (Fsp3) is 0.391. The molecule has 0 atom stereocenters. The summed E-state index contributed by atoms with van der Waals surface area (Å²) in [5.41, 5.74) is 3.94. The topological polar surface area (TPSA) is 121 Å². The summed E-state index contributed by atoms with van der Waals surface area (Å²) in [4.78, 5) is 39.2. The molecule has 1 fully saturated rings. The standard InChI is InChI=1S/C21H24N4O3.C2HF3O2/c1-25(12-14-6-8-22-9-7-14)20(26)16-3-4-18(23-11-16)15-2-5-19-17(10-15)13-28-21(27)24-19;3-2(4,5)1(6)7/h2-5,10-11,14,22H,6-9,12-13H2,1H3,(H,24,27);(H,6,7). The Bertz CT molecular complexity index is 1070. The van der Waals surface area contributed by atoms with Crippen molar-refractivity contribution in [2.24, 2.45) is 5.92 Å². The third-order valence-corrected chi connectivity index (χ3v) is 5.59. The average Bonchev–Trinajstić information content (AvgIpc) is 2.84. The number of alkyl halides is 3. The first-order valence-corrected chi connectivity index (χ1v) is 10.8. The molecule has 0 unspecified atom stereocenters. The molecule has 2 aromatic rings. The van der Waals surface area contributed by atoms with Crippen molar-refractivity contribution in [3.63, 3.8) is 0 Å². The monoisotopic (exact) mass is 494 g/mol. The van der Waals surface area contributed by atoms with E-state index < -0.39 is 18.2 Å². The number of amides is 2. The van der Waals surface area contributed by atoms with Gasteiger partial charge in [0, 0.05) is 30.9 Å². The summed E-state index contributed by atoms with van der Waals surface area (Å²) in [6.45, 7) is 3.07. The predicted octanol–water partition coefficient (Wildman–Crippen LogP) is 3.52. The zero-order chi connectivity index (χ0) is 25.6. The number of fused-ring (bicyclic) bond motifs is 1. The Morgan fingerprint density at radius 2 is 1.89 bits per heavy atom. The van der Waals surface area contributed by atoms with Crippen molar-refractivity contribution in [2.45, 2.75) is 25.6 Å². The van der Waals surface area contributed by atoms with Gasteiger partial charge in [-0.25, -0.2) is 9.59 Å². The molecular weight excluding hydrogens is 469 g/mol. The smallest absolute Gasteiger partial charge is 0.475 e. The first kappa shape index (κ1) is 25.9. The molecule has 188 valence electrons. The van der Waals surface area contributed by atoms with E-state index in [1.54, 1.807) is 11.1 Å². The first-order valence-electron chi connectivity index (χ1n) is 10.8. The molecule has 0 radical (unpaired) electrons. The molecule has 2 amide bonds. The van der Waals surface area contributed by atoms with E-state index in [-0.39, 0.29) is 12.5 Å². The average molecular weight is 494 g/mol. The van der Waals surface area contributed by atoms with Gasteiger partial charge in [-0.05, 0) is 56.1 Å². The van der Waals surface area contributed by atoms with Crippen LogP contribution in [0.5, 0.6) is 0 Å². The summed E-state index contributed by atoms with van der Waals surface area (Å²) in [5.74, 6) is -2.20. The highest BCUT2D eigenvalue weighted by atomic mass is 19.4. The van der Waals surface area contributed by atoms with Crippen molar-refractivity contribution in [3.05, 3.63) is 47.7 Å². The minimum Gasteiger partial charge on any atom is -0.475 e. The second kappa shape index (κ2) is 11.2. The van der Waals surface area contributed by atoms with Crippen molar-refractivity contribution in [3.8, 4) is 11.3 Å². The maximum absolute atomic E-state index is 12.7. The SMILES string of the molecule is CN(CC1CCNCC1)C(=O)c1ccc(-c2ccc3c(c2)COC(=O)N3)nc1.O=C(O)C(F)(F)F. The summed E-state index contributed by atoms with van der Waals surface area (Å²) in [7, 11) is 1.86. The van der Waals surface area contributed by atoms with Crippen LogP contribution in [0.2, 0.25) is 0 Å². The van der Waals surface area contributed by atoms with Crippen molar-refractivity contribution in [1.82, 2.24) is 15.2 Å². The lowest BCUT2D eigenvalue weighted by atomic mass is 9.97. The summed E-state index contributed by atoms with van der Waals surface area (Å²) in [5, 5.41) is 13.1. The molecule has 2 aliphatic rings. The quantitative estimate of drug-likeness (QED) is 0.595. The number of pyridine rings is 1. The maximum atomic E-state index is 12.7. The zero-order valence-electron chi connectivity index (χ0n) is 18.9. The van der Waals surface area contributed by atoms with E-state index in [9.17, 15) is 22.8 Å². The number of aliphatic carboxylic acids is 1. The Morgan fingerprint density at radius 1 is 1.20 bits per heavy atom. The number of nitrogens with zero attached hydrogens (tertiary/aromatic N) is 2. The van der Waals surface area contributed by atoms with E-state index in [0.717, 1.165) is 55.0 Å². The Labute approximate surface area is 199 Å². The molecule has 12 heteroatoms. The number of piperidine rings is 1. The van der Waals surface area contributed by atoms with Gasteiger partial charge in [0.2, 0.25) is 0 Å². The number of hydrogen-bond donors (Lipinski definition) is 3. The lowest BCUT2D eigenvalue weighted by Gasteiger charge is -2.27. The molecular formula is C23H25F3N4O5. The fourth-order valence-electron chi connectivity index (χ4n) is 3.73. The minimum atomic E-state index is -5.08. The van der Waals surface area contributed by atoms with Crippen LogP contribution >= 0.6 is 0 Å². The molecule has 0 spiro atoms. The van der Waals surface area contributed by atoms with E-state index >= 15 is 0 Å². The number of carboxylic acid groups (broad SMARTS) is 1. The van der Waals surface area contributed by atoms with Crippen LogP contribution < -0.4 is 10.6 Å². The van der Waals surface area contributed by atoms with Crippen LogP contribution in [-0.2, 0) is 16.1 Å². The lowest BCUT2D eigenvalue weighted by molar-refractivity contribution is -0.192. The molecule has 4 rings (SSSR count). The van der Waals surface area contributed by atoms with Gasteiger partial charge < -0.3 is 20.1 Å². The van der Waals surface area contributed by atoms with Crippen LogP contribution in [0.1, 0.15) is 28.8 Å². The van der Waals surface area contributed by atoms with Gasteiger partial charge in [0.1, 0.15) is 6.61 Å². The Hall–Kier alpha value is -3.67. The zero-order valence-corrected chi connectivity index (χ0v) is 18.9. The number of hydrogen-bond acceptors (Lipinski definition) is 6. The molecule has 9 nitrogen and oxygen atoms in total. The number of benzene rings is 1. The maximum Gasteiger partial charge on any atom is 0.490 e. The summed E-state index contributed by atoms with van der Waals surface area (Å²) in [6.07, 6.45) is -1.67. The number of carbonyl (C=O) groups excluding carboxylic acids is 2. The van der Waals surface area contributed by atoms with Crippen LogP contribution in [0.15, 0.2) is 36.5 Å². The molecule has 1 aromatic carbocycles. The van der Waals surface area contributed by atoms with Gasteiger partial charge in [-0.1, -0.05) is 6.07 Å². The van der Waals surface area contributed by atoms with E-state index in [2.05, 4.69) is 15.6 Å². The normalized spacial score (nSPS) is 15.6. The number of carboxylic acids is 1. The molecule has 3 N–H and O–H groups in total. The Balaban J connectivity index is 0.000000429. The van der Waals surface area contributed by atoms with Gasteiger partial charge in [-0.2, -0.15) is 13.2 Å². The highest BCUT2D eigenvalue weighted by molar-refractivity contribution is 5.94. The third-order valence-electron chi connectivity index (χ3n) is 5.59. The predicted molar refractivity (Wildman–Crippen MR) is 120 cm³/mol. The number of carbonyl (C=O) groups is 3. The van der Waals surface area contributed by atoms with Gasteiger partial charge in [0.05, 0.1) is 16.9 Å². The van der Waals surface area contributed by atoms with Crippen molar-refractivity contribution >= 4 is 23.7 Å². The number of aromatic nitrogens is 1. The molecule has 35 heavy (non-hydrogen) atoms. The molecule has 2 aliphatic heterocycles. The number of anilines is 1. The molecule has 0 saturated carbocycles. The number of rotatable bonds is 4. The molecule has 3 heterocycles. The van der Waals surface area contributed by atoms with Crippen molar-refractivity contribution in [2.75, 3.05) is 32.0 Å². The Morgan fingerprint density at radius 3 is 2.49 bits per heavy atom. The number of ether oxygens (including phenoxy) is 1. The lowest BCUT2D eigenvalue weighted by Crippen LogP contribution is -2.37. The van der Waals surface area contributed by atoms with Crippen molar-refractivity contribution < 1.29 is 37.4 Å².